The molecule has 0 N–H and O–H groups in total. The normalized spacial score (nSPS) is 16.6. The van der Waals surface area contributed by atoms with Crippen LogP contribution in [0.4, 0.5) is 26.3 Å². The molecule has 1 heterocycles. The van der Waals surface area contributed by atoms with Gasteiger partial charge in [0.15, 0.2) is 15.9 Å². The fourth-order valence-electron chi connectivity index (χ4n) is 3.27. The minimum atomic E-state index is -4.83. The van der Waals surface area contributed by atoms with Crippen LogP contribution in [0.25, 0.3) is 0 Å². The monoisotopic (exact) mass is 529 g/mol. The lowest BCUT2D eigenvalue weighted by molar-refractivity contribution is -0.189. The predicted molar refractivity (Wildman–Crippen MR) is 107 cm³/mol. The second-order valence-electron chi connectivity index (χ2n) is 8.25. The molecule has 1 aromatic carbocycles. The Labute approximate surface area is 196 Å². The number of nitrogens with zero attached hydrogens (tertiary/aromatic N) is 3. The van der Waals surface area contributed by atoms with Gasteiger partial charge in [0.05, 0.1) is 15.9 Å². The Morgan fingerprint density at radius 3 is 2.31 bits per heavy atom. The van der Waals surface area contributed by atoms with Crippen molar-refractivity contribution in [3.8, 4) is 5.75 Å². The zero-order valence-electron chi connectivity index (χ0n) is 18.7. The number of hydrogen-bond donors (Lipinski definition) is 0. The van der Waals surface area contributed by atoms with Crippen molar-refractivity contribution in [1.82, 2.24) is 15.0 Å². The molecule has 0 unspecified atom stereocenters. The van der Waals surface area contributed by atoms with Crippen molar-refractivity contribution >= 4 is 15.7 Å². The SMILES string of the molecule is CCN(CC1(c2nc(C(F)(F)F)no2)CC1)C(=O)c1cc(S(C)(=O)=O)ccc1O[C@@H](C)C(F)(F)F. The Morgan fingerprint density at radius 2 is 1.86 bits per heavy atom. The van der Waals surface area contributed by atoms with E-state index >= 15 is 0 Å². The van der Waals surface area contributed by atoms with E-state index in [1.54, 1.807) is 6.92 Å². The molecule has 0 spiro atoms. The Hall–Kier alpha value is -2.84. The zero-order chi connectivity index (χ0) is 26.4. The number of carbonyl (C=O) groups is 1. The van der Waals surface area contributed by atoms with Gasteiger partial charge in [0.25, 0.3) is 11.7 Å². The smallest absolute Gasteiger partial charge is 0.455 e. The third-order valence-electron chi connectivity index (χ3n) is 5.52. The Balaban J connectivity index is 1.95. The van der Waals surface area contributed by atoms with Crippen LogP contribution in [-0.4, -0.2) is 61.0 Å². The summed E-state index contributed by atoms with van der Waals surface area (Å²) >= 11 is 0. The molecule has 194 valence electrons. The fourth-order valence-corrected chi connectivity index (χ4v) is 3.92. The van der Waals surface area contributed by atoms with Crippen molar-refractivity contribution < 1.29 is 48.8 Å². The number of aromatic nitrogens is 2. The highest BCUT2D eigenvalue weighted by atomic mass is 32.2. The van der Waals surface area contributed by atoms with Gasteiger partial charge in [-0.05, 0) is 44.9 Å². The number of likely N-dealkylation sites (N-methyl/N-ethyl adjacent to an activating group) is 1. The molecular formula is C20H21F6N3O5S. The van der Waals surface area contributed by atoms with Crippen LogP contribution in [0.2, 0.25) is 0 Å². The Bertz CT molecular complexity index is 1200. The van der Waals surface area contributed by atoms with Crippen LogP contribution in [-0.2, 0) is 21.4 Å². The van der Waals surface area contributed by atoms with Crippen LogP contribution in [0.3, 0.4) is 0 Å². The van der Waals surface area contributed by atoms with Gasteiger partial charge in [0.2, 0.25) is 5.89 Å². The van der Waals surface area contributed by atoms with Crippen molar-refractivity contribution in [3.05, 3.63) is 35.5 Å². The molecule has 1 aliphatic carbocycles. The number of sulfone groups is 1. The zero-order valence-corrected chi connectivity index (χ0v) is 19.5. The third kappa shape index (κ3) is 5.87. The van der Waals surface area contributed by atoms with E-state index in [2.05, 4.69) is 10.1 Å². The number of rotatable bonds is 8. The molecule has 2 aromatic rings. The number of amides is 1. The molecule has 1 atom stereocenters. The molecule has 1 aromatic heterocycles. The van der Waals surface area contributed by atoms with Gasteiger partial charge in [-0.2, -0.15) is 31.3 Å². The summed E-state index contributed by atoms with van der Waals surface area (Å²) in [6, 6.07) is 2.88. The summed E-state index contributed by atoms with van der Waals surface area (Å²) < 4.78 is 111. The largest absolute Gasteiger partial charge is 0.480 e. The van der Waals surface area contributed by atoms with Crippen molar-refractivity contribution in [2.45, 2.75) is 55.5 Å². The number of alkyl halides is 6. The summed E-state index contributed by atoms with van der Waals surface area (Å²) in [7, 11) is -3.83. The minimum Gasteiger partial charge on any atom is -0.480 e. The lowest BCUT2D eigenvalue weighted by atomic mass is 10.1. The van der Waals surface area contributed by atoms with E-state index in [1.807, 2.05) is 0 Å². The summed E-state index contributed by atoms with van der Waals surface area (Å²) in [4.78, 5) is 17.6. The van der Waals surface area contributed by atoms with Gasteiger partial charge in [0, 0.05) is 19.3 Å². The highest BCUT2D eigenvalue weighted by molar-refractivity contribution is 7.90. The van der Waals surface area contributed by atoms with Crippen molar-refractivity contribution in [3.63, 3.8) is 0 Å². The van der Waals surface area contributed by atoms with E-state index in [-0.39, 0.29) is 23.9 Å². The number of hydrogen-bond acceptors (Lipinski definition) is 7. The van der Waals surface area contributed by atoms with Gasteiger partial charge in [-0.3, -0.25) is 4.79 Å². The van der Waals surface area contributed by atoms with Gasteiger partial charge in [-0.25, -0.2) is 8.42 Å². The molecule has 15 heteroatoms. The maximum absolute atomic E-state index is 13.3. The van der Waals surface area contributed by atoms with Crippen molar-refractivity contribution in [2.24, 2.45) is 0 Å². The van der Waals surface area contributed by atoms with Gasteiger partial charge in [-0.15, -0.1) is 0 Å². The Morgan fingerprint density at radius 1 is 1.23 bits per heavy atom. The first-order valence-corrected chi connectivity index (χ1v) is 12.2. The molecule has 1 fully saturated rings. The van der Waals surface area contributed by atoms with Gasteiger partial charge < -0.3 is 14.2 Å². The quantitative estimate of drug-likeness (QED) is 0.476. The summed E-state index contributed by atoms with van der Waals surface area (Å²) in [6.07, 6.45) is -10.4. The first kappa shape index (κ1) is 26.8. The van der Waals surface area contributed by atoms with E-state index in [9.17, 15) is 39.6 Å². The van der Waals surface area contributed by atoms with E-state index in [4.69, 9.17) is 9.26 Å². The summed E-state index contributed by atoms with van der Waals surface area (Å²) in [5, 5.41) is 2.93. The number of benzene rings is 1. The van der Waals surface area contributed by atoms with Crippen LogP contribution in [0.5, 0.6) is 5.75 Å². The second-order valence-corrected chi connectivity index (χ2v) is 10.3. The number of carbonyl (C=O) groups excluding carboxylic acids is 1. The van der Waals surface area contributed by atoms with E-state index in [0.717, 1.165) is 36.3 Å². The van der Waals surface area contributed by atoms with Crippen LogP contribution in [0.1, 0.15) is 48.8 Å². The molecule has 0 aliphatic heterocycles. The number of halogens is 6. The molecule has 8 nitrogen and oxygen atoms in total. The topological polar surface area (TPSA) is 103 Å². The fraction of sp³-hybridized carbons (Fsp3) is 0.550. The summed E-state index contributed by atoms with van der Waals surface area (Å²) in [6.45, 7) is 2.09. The summed E-state index contributed by atoms with van der Waals surface area (Å²) in [5.74, 6) is -3.15. The average Bonchev–Trinajstić information content (AvgIpc) is 3.32. The Kier molecular flexibility index (Phi) is 6.87. The van der Waals surface area contributed by atoms with Crippen LogP contribution in [0.15, 0.2) is 27.6 Å². The van der Waals surface area contributed by atoms with Crippen LogP contribution < -0.4 is 4.74 Å². The van der Waals surface area contributed by atoms with Crippen molar-refractivity contribution in [1.29, 1.82) is 0 Å². The standard InChI is InChI=1S/C20H21F6N3O5S/c1-4-29(10-18(7-8-18)17-27-16(28-34-17)20(24,25)26)15(30)13-9-12(35(3,31)32)5-6-14(13)33-11(2)19(21,22)23/h5-6,9,11H,4,7-8,10H2,1-3H3/t11-/m0/s1. The second kappa shape index (κ2) is 8.99. The molecule has 35 heavy (non-hydrogen) atoms. The highest BCUT2D eigenvalue weighted by Gasteiger charge is 2.52. The molecule has 1 amide bonds. The van der Waals surface area contributed by atoms with Gasteiger partial charge >= 0.3 is 12.4 Å². The molecule has 1 aliphatic rings. The highest BCUT2D eigenvalue weighted by Crippen LogP contribution is 2.49. The number of ether oxygens (including phenoxy) is 1. The molecule has 3 rings (SSSR count). The van der Waals surface area contributed by atoms with Gasteiger partial charge in [-0.1, -0.05) is 5.16 Å². The maximum Gasteiger partial charge on any atom is 0.455 e. The maximum atomic E-state index is 13.3. The lowest BCUT2D eigenvalue weighted by Gasteiger charge is -2.26. The molecule has 0 radical (unpaired) electrons. The van der Waals surface area contributed by atoms with E-state index in [1.165, 1.54) is 0 Å². The van der Waals surface area contributed by atoms with E-state index < -0.39 is 56.8 Å². The van der Waals surface area contributed by atoms with E-state index in [0.29, 0.717) is 12.8 Å². The third-order valence-corrected chi connectivity index (χ3v) is 6.63. The predicted octanol–water partition coefficient (Wildman–Crippen LogP) is 4.02. The minimum absolute atomic E-state index is 0.00177. The van der Waals surface area contributed by atoms with Gasteiger partial charge in [0.1, 0.15) is 5.75 Å². The molecular weight excluding hydrogens is 508 g/mol. The summed E-state index contributed by atoms with van der Waals surface area (Å²) in [5.41, 5.74) is -1.50. The van der Waals surface area contributed by atoms with Crippen molar-refractivity contribution in [2.75, 3.05) is 19.3 Å². The van der Waals surface area contributed by atoms with Crippen LogP contribution >= 0.6 is 0 Å². The molecule has 1 saturated carbocycles. The van der Waals surface area contributed by atoms with Crippen LogP contribution in [0, 0.1) is 0 Å². The first-order valence-electron chi connectivity index (χ1n) is 10.3. The molecule has 0 bridgehead atoms. The molecule has 0 saturated heterocycles. The average molecular weight is 529 g/mol. The first-order chi connectivity index (χ1) is 16.0. The lowest BCUT2D eigenvalue weighted by Crippen LogP contribution is -2.38.